The monoisotopic (exact) mass is 512 g/mol. The fourth-order valence-corrected chi connectivity index (χ4v) is 6.63. The van der Waals surface area contributed by atoms with Crippen LogP contribution in [0.15, 0.2) is 53.4 Å². The molecule has 0 radical (unpaired) electrons. The number of hydrogen-bond acceptors (Lipinski definition) is 7. The standard InChI is InChI=1S/C25H28N4O4S2/c1-16(2)12-13-35(32,33)21-11-7-5-9-19(21)23(31)26-25-28-27-24(34-25)18-14-22(30)29(15-18)20-10-6-4-8-17(20)3/h4-11,16,18H,12-15H2,1-3H3,(H,26,28,31). The van der Waals surface area contributed by atoms with Crippen molar-refractivity contribution in [1.82, 2.24) is 10.2 Å². The Bertz CT molecular complexity index is 1350. The third-order valence-corrected chi connectivity index (χ3v) is 8.77. The second-order valence-electron chi connectivity index (χ2n) is 9.09. The molecule has 8 nitrogen and oxygen atoms in total. The zero-order valence-corrected chi connectivity index (χ0v) is 21.5. The first-order valence-electron chi connectivity index (χ1n) is 11.5. The number of benzene rings is 2. The predicted octanol–water partition coefficient (Wildman–Crippen LogP) is 4.44. The Morgan fingerprint density at radius 2 is 1.86 bits per heavy atom. The molecule has 1 atom stereocenters. The van der Waals surface area contributed by atoms with Crippen molar-refractivity contribution in [2.75, 3.05) is 22.5 Å². The Morgan fingerprint density at radius 3 is 2.60 bits per heavy atom. The van der Waals surface area contributed by atoms with Crippen molar-refractivity contribution in [3.8, 4) is 0 Å². The normalized spacial score (nSPS) is 16.2. The molecule has 1 aliphatic heterocycles. The van der Waals surface area contributed by atoms with Crippen LogP contribution in [0.3, 0.4) is 0 Å². The van der Waals surface area contributed by atoms with Gasteiger partial charge >= 0.3 is 0 Å². The molecule has 0 aliphatic carbocycles. The van der Waals surface area contributed by atoms with E-state index in [9.17, 15) is 18.0 Å². The number of amides is 2. The lowest BCUT2D eigenvalue weighted by Gasteiger charge is -2.18. The lowest BCUT2D eigenvalue weighted by molar-refractivity contribution is -0.117. The average Bonchev–Trinajstić information content (AvgIpc) is 3.44. The van der Waals surface area contributed by atoms with Gasteiger partial charge in [0.05, 0.1) is 16.2 Å². The average molecular weight is 513 g/mol. The quantitative estimate of drug-likeness (QED) is 0.478. The van der Waals surface area contributed by atoms with E-state index in [0.717, 1.165) is 11.3 Å². The molecule has 2 amide bonds. The highest BCUT2D eigenvalue weighted by Crippen LogP contribution is 2.35. The molecule has 1 saturated heterocycles. The Morgan fingerprint density at radius 1 is 1.14 bits per heavy atom. The number of anilines is 2. The van der Waals surface area contributed by atoms with Crippen LogP contribution in [0.5, 0.6) is 0 Å². The van der Waals surface area contributed by atoms with E-state index in [1.807, 2.05) is 45.0 Å². The first-order chi connectivity index (χ1) is 16.7. The SMILES string of the molecule is Cc1ccccc1N1CC(c2nnc(NC(=O)c3ccccc3S(=O)(=O)CCC(C)C)s2)CC1=O. The van der Waals surface area contributed by atoms with Gasteiger partial charge in [0.25, 0.3) is 5.91 Å². The van der Waals surface area contributed by atoms with Crippen LogP contribution in [0.25, 0.3) is 0 Å². The molecule has 1 aliphatic rings. The maximum absolute atomic E-state index is 13.0. The van der Waals surface area contributed by atoms with Crippen LogP contribution in [-0.2, 0) is 14.6 Å². The number of hydrogen-bond donors (Lipinski definition) is 1. The molecule has 35 heavy (non-hydrogen) atoms. The van der Waals surface area contributed by atoms with E-state index in [4.69, 9.17) is 0 Å². The van der Waals surface area contributed by atoms with Crippen LogP contribution >= 0.6 is 11.3 Å². The van der Waals surface area contributed by atoms with Crippen molar-refractivity contribution in [3.63, 3.8) is 0 Å². The van der Waals surface area contributed by atoms with E-state index in [2.05, 4.69) is 15.5 Å². The molecule has 184 valence electrons. The minimum atomic E-state index is -3.61. The summed E-state index contributed by atoms with van der Waals surface area (Å²) < 4.78 is 25.7. The van der Waals surface area contributed by atoms with Gasteiger partial charge in [-0.3, -0.25) is 14.9 Å². The summed E-state index contributed by atoms with van der Waals surface area (Å²) >= 11 is 1.20. The second-order valence-corrected chi connectivity index (χ2v) is 12.2. The van der Waals surface area contributed by atoms with E-state index in [0.29, 0.717) is 24.4 Å². The molecule has 1 N–H and O–H groups in total. The third kappa shape index (κ3) is 5.59. The van der Waals surface area contributed by atoms with Crippen molar-refractivity contribution in [3.05, 3.63) is 64.7 Å². The van der Waals surface area contributed by atoms with Crippen LogP contribution in [0, 0.1) is 12.8 Å². The summed E-state index contributed by atoms with van der Waals surface area (Å²) in [5.74, 6) is -0.458. The summed E-state index contributed by atoms with van der Waals surface area (Å²) in [6.07, 6.45) is 0.825. The number of carbonyl (C=O) groups is 2. The highest BCUT2D eigenvalue weighted by molar-refractivity contribution is 7.91. The summed E-state index contributed by atoms with van der Waals surface area (Å²) in [6, 6.07) is 13.9. The molecule has 0 saturated carbocycles. The van der Waals surface area contributed by atoms with Gasteiger partial charge in [-0.15, -0.1) is 10.2 Å². The van der Waals surface area contributed by atoms with E-state index < -0.39 is 15.7 Å². The molecule has 0 spiro atoms. The van der Waals surface area contributed by atoms with Gasteiger partial charge in [-0.2, -0.15) is 0 Å². The number of para-hydroxylation sites is 1. The Kier molecular flexibility index (Phi) is 7.32. The summed E-state index contributed by atoms with van der Waals surface area (Å²) in [4.78, 5) is 27.4. The molecule has 1 unspecified atom stereocenters. The number of aryl methyl sites for hydroxylation is 1. The van der Waals surface area contributed by atoms with Gasteiger partial charge in [0.2, 0.25) is 11.0 Å². The zero-order valence-electron chi connectivity index (χ0n) is 19.9. The van der Waals surface area contributed by atoms with Crippen molar-refractivity contribution >= 4 is 43.8 Å². The summed E-state index contributed by atoms with van der Waals surface area (Å²) in [5.41, 5.74) is 1.98. The molecule has 0 bridgehead atoms. The lowest BCUT2D eigenvalue weighted by Crippen LogP contribution is -2.25. The molecule has 10 heteroatoms. The van der Waals surface area contributed by atoms with E-state index >= 15 is 0 Å². The molecular weight excluding hydrogens is 484 g/mol. The molecule has 3 aromatic rings. The topological polar surface area (TPSA) is 109 Å². The summed E-state index contributed by atoms with van der Waals surface area (Å²) in [6.45, 7) is 6.37. The van der Waals surface area contributed by atoms with Crippen LogP contribution in [0.2, 0.25) is 0 Å². The fourth-order valence-electron chi connectivity index (χ4n) is 4.01. The second kappa shape index (κ2) is 10.2. The minimum absolute atomic E-state index is 0.0122. The molecule has 4 rings (SSSR count). The number of sulfone groups is 1. The molecule has 1 fully saturated rings. The van der Waals surface area contributed by atoms with Crippen molar-refractivity contribution in [2.24, 2.45) is 5.92 Å². The van der Waals surface area contributed by atoms with Gasteiger partial charge in [-0.05, 0) is 43.0 Å². The first-order valence-corrected chi connectivity index (χ1v) is 13.9. The number of rotatable bonds is 8. The molecule has 1 aromatic heterocycles. The maximum atomic E-state index is 13.0. The summed E-state index contributed by atoms with van der Waals surface area (Å²) in [7, 11) is -3.61. The van der Waals surface area contributed by atoms with E-state index in [1.54, 1.807) is 17.0 Å². The largest absolute Gasteiger partial charge is 0.311 e. The zero-order chi connectivity index (χ0) is 25.2. The van der Waals surface area contributed by atoms with Crippen molar-refractivity contribution < 1.29 is 18.0 Å². The Hall–Kier alpha value is -3.11. The van der Waals surface area contributed by atoms with Crippen LogP contribution < -0.4 is 10.2 Å². The minimum Gasteiger partial charge on any atom is -0.311 e. The van der Waals surface area contributed by atoms with Gasteiger partial charge in [-0.1, -0.05) is 55.5 Å². The first kappa shape index (κ1) is 25.0. The fraction of sp³-hybridized carbons (Fsp3) is 0.360. The predicted molar refractivity (Wildman–Crippen MR) is 137 cm³/mol. The summed E-state index contributed by atoms with van der Waals surface area (Å²) in [5, 5.41) is 11.9. The maximum Gasteiger partial charge on any atom is 0.258 e. The van der Waals surface area contributed by atoms with Crippen LogP contribution in [-0.4, -0.2) is 42.7 Å². The van der Waals surface area contributed by atoms with Crippen LogP contribution in [0.1, 0.15) is 53.5 Å². The van der Waals surface area contributed by atoms with Crippen LogP contribution in [0.4, 0.5) is 10.8 Å². The number of nitrogens with zero attached hydrogens (tertiary/aromatic N) is 3. The number of carbonyl (C=O) groups excluding carboxylic acids is 2. The van der Waals surface area contributed by atoms with Crippen molar-refractivity contribution in [1.29, 1.82) is 0 Å². The smallest absolute Gasteiger partial charge is 0.258 e. The Labute approximate surface area is 209 Å². The third-order valence-electron chi connectivity index (χ3n) is 5.97. The number of aromatic nitrogens is 2. The van der Waals surface area contributed by atoms with Crippen molar-refractivity contribution in [2.45, 2.75) is 44.4 Å². The highest BCUT2D eigenvalue weighted by Gasteiger charge is 2.34. The van der Waals surface area contributed by atoms with Gasteiger partial charge in [0.15, 0.2) is 9.84 Å². The molecular formula is C25H28N4O4S2. The highest BCUT2D eigenvalue weighted by atomic mass is 32.2. The van der Waals surface area contributed by atoms with Gasteiger partial charge in [0.1, 0.15) is 5.01 Å². The molecule has 2 heterocycles. The van der Waals surface area contributed by atoms with E-state index in [-0.39, 0.29) is 39.1 Å². The van der Waals surface area contributed by atoms with Gasteiger partial charge in [-0.25, -0.2) is 8.42 Å². The number of nitrogens with one attached hydrogen (secondary N) is 1. The lowest BCUT2D eigenvalue weighted by atomic mass is 10.1. The Balaban J connectivity index is 1.48. The molecule has 2 aromatic carbocycles. The van der Waals surface area contributed by atoms with Gasteiger partial charge in [0, 0.05) is 24.6 Å². The van der Waals surface area contributed by atoms with E-state index in [1.165, 1.54) is 23.5 Å². The van der Waals surface area contributed by atoms with Gasteiger partial charge < -0.3 is 4.90 Å².